The third kappa shape index (κ3) is 1.85. The van der Waals surface area contributed by atoms with E-state index in [0.717, 1.165) is 19.3 Å². The normalized spacial score (nSPS) is 16.6. The lowest BCUT2D eigenvalue weighted by atomic mass is 9.87. The Hall–Kier alpha value is -1.60. The second-order valence-corrected chi connectivity index (χ2v) is 5.33. The summed E-state index contributed by atoms with van der Waals surface area (Å²) in [6.45, 7) is 2.19. The van der Waals surface area contributed by atoms with E-state index in [-0.39, 0.29) is 5.54 Å². The summed E-state index contributed by atoms with van der Waals surface area (Å²) in [6.07, 6.45) is 2.98. The Morgan fingerprint density at radius 3 is 2.28 bits per heavy atom. The van der Waals surface area contributed by atoms with E-state index < -0.39 is 0 Å². The zero-order chi connectivity index (χ0) is 12.6. The summed E-state index contributed by atoms with van der Waals surface area (Å²) in [4.78, 5) is 0. The Morgan fingerprint density at radius 2 is 1.67 bits per heavy atom. The van der Waals surface area contributed by atoms with Crippen molar-refractivity contribution in [2.45, 2.75) is 31.7 Å². The highest BCUT2D eigenvalue weighted by Gasteiger charge is 2.34. The van der Waals surface area contributed by atoms with Gasteiger partial charge < -0.3 is 5.73 Å². The van der Waals surface area contributed by atoms with Crippen LogP contribution in [-0.2, 0) is 24.8 Å². The number of hydrogen-bond acceptors (Lipinski definition) is 1. The Morgan fingerprint density at radius 1 is 1.00 bits per heavy atom. The van der Waals surface area contributed by atoms with Gasteiger partial charge in [0.1, 0.15) is 0 Å². The topological polar surface area (TPSA) is 26.0 Å². The van der Waals surface area contributed by atoms with Gasteiger partial charge in [0.25, 0.3) is 0 Å². The molecule has 0 fully saturated rings. The van der Waals surface area contributed by atoms with Crippen LogP contribution in [0.4, 0.5) is 0 Å². The lowest BCUT2D eigenvalue weighted by Gasteiger charge is -2.25. The van der Waals surface area contributed by atoms with Crippen LogP contribution in [0, 0.1) is 0 Å². The van der Waals surface area contributed by atoms with Gasteiger partial charge in [-0.3, -0.25) is 0 Å². The molecule has 1 aliphatic rings. The monoisotopic (exact) mass is 237 g/mol. The third-order valence-corrected chi connectivity index (χ3v) is 4.04. The summed E-state index contributed by atoms with van der Waals surface area (Å²) < 4.78 is 0. The number of rotatable bonds is 2. The van der Waals surface area contributed by atoms with E-state index in [9.17, 15) is 0 Å². The summed E-state index contributed by atoms with van der Waals surface area (Å²) in [5.74, 6) is 0. The molecule has 0 unspecified atom stereocenters. The van der Waals surface area contributed by atoms with Crippen LogP contribution in [0.2, 0.25) is 0 Å². The van der Waals surface area contributed by atoms with E-state index in [4.69, 9.17) is 5.73 Å². The number of hydrogen-bond donors (Lipinski definition) is 1. The van der Waals surface area contributed by atoms with Crippen LogP contribution in [0.25, 0.3) is 0 Å². The van der Waals surface area contributed by atoms with Gasteiger partial charge in [-0.25, -0.2) is 0 Å². The molecule has 0 heterocycles. The standard InChI is InChI=1S/C17H19N/c1-2-13-6-5-9-16(10-13)17(18)11-14-7-3-4-8-15(14)12-17/h3-10H,2,11-12,18H2,1H3. The van der Waals surface area contributed by atoms with E-state index >= 15 is 0 Å². The van der Waals surface area contributed by atoms with Crippen LogP contribution in [0.15, 0.2) is 48.5 Å². The van der Waals surface area contributed by atoms with Gasteiger partial charge >= 0.3 is 0 Å². The number of benzene rings is 2. The van der Waals surface area contributed by atoms with Crippen LogP contribution in [0.3, 0.4) is 0 Å². The van der Waals surface area contributed by atoms with Crippen molar-refractivity contribution in [3.8, 4) is 0 Å². The van der Waals surface area contributed by atoms with Crippen molar-refractivity contribution in [3.05, 3.63) is 70.8 Å². The lowest BCUT2D eigenvalue weighted by molar-refractivity contribution is 0.472. The predicted octanol–water partition coefficient (Wildman–Crippen LogP) is 3.20. The quantitative estimate of drug-likeness (QED) is 0.853. The molecule has 0 spiro atoms. The summed E-state index contributed by atoms with van der Waals surface area (Å²) in [6, 6.07) is 17.4. The minimum Gasteiger partial charge on any atom is -0.321 e. The molecule has 2 N–H and O–H groups in total. The molecule has 0 saturated heterocycles. The van der Waals surface area contributed by atoms with Crippen molar-refractivity contribution in [1.29, 1.82) is 0 Å². The SMILES string of the molecule is CCc1cccc(C2(N)Cc3ccccc3C2)c1. The Kier molecular flexibility index (Phi) is 2.71. The van der Waals surface area contributed by atoms with Crippen molar-refractivity contribution < 1.29 is 0 Å². The highest BCUT2D eigenvalue weighted by Crippen LogP contribution is 2.35. The summed E-state index contributed by atoms with van der Waals surface area (Å²) in [5.41, 5.74) is 11.9. The van der Waals surface area contributed by atoms with E-state index in [0.29, 0.717) is 0 Å². The maximum Gasteiger partial charge on any atom is 0.0491 e. The molecule has 0 bridgehead atoms. The zero-order valence-corrected chi connectivity index (χ0v) is 10.8. The molecular formula is C17H19N. The van der Waals surface area contributed by atoms with Crippen molar-refractivity contribution in [3.63, 3.8) is 0 Å². The molecule has 0 aliphatic heterocycles. The minimum absolute atomic E-state index is 0.213. The fourth-order valence-electron chi connectivity index (χ4n) is 2.95. The van der Waals surface area contributed by atoms with Gasteiger partial charge in [0.2, 0.25) is 0 Å². The average molecular weight is 237 g/mol. The van der Waals surface area contributed by atoms with Gasteiger partial charge in [-0.05, 0) is 41.5 Å². The van der Waals surface area contributed by atoms with Crippen LogP contribution < -0.4 is 5.73 Å². The van der Waals surface area contributed by atoms with Crippen LogP contribution in [0.5, 0.6) is 0 Å². The summed E-state index contributed by atoms with van der Waals surface area (Å²) in [5, 5.41) is 0. The molecule has 1 aliphatic carbocycles. The number of nitrogens with two attached hydrogens (primary N) is 1. The second-order valence-electron chi connectivity index (χ2n) is 5.33. The first-order valence-corrected chi connectivity index (χ1v) is 6.66. The van der Waals surface area contributed by atoms with Crippen molar-refractivity contribution in [2.24, 2.45) is 5.73 Å². The smallest absolute Gasteiger partial charge is 0.0491 e. The zero-order valence-electron chi connectivity index (χ0n) is 10.8. The minimum atomic E-state index is -0.213. The molecule has 0 saturated carbocycles. The highest BCUT2D eigenvalue weighted by atomic mass is 14.8. The van der Waals surface area contributed by atoms with E-state index in [1.807, 2.05) is 0 Å². The Bertz CT molecular complexity index is 546. The first-order valence-electron chi connectivity index (χ1n) is 6.66. The van der Waals surface area contributed by atoms with Crippen LogP contribution in [-0.4, -0.2) is 0 Å². The van der Waals surface area contributed by atoms with Gasteiger partial charge in [-0.2, -0.15) is 0 Å². The second kappa shape index (κ2) is 4.25. The molecule has 0 amide bonds. The van der Waals surface area contributed by atoms with Gasteiger partial charge in [-0.15, -0.1) is 0 Å². The maximum atomic E-state index is 6.65. The van der Waals surface area contributed by atoms with E-state index in [1.54, 1.807) is 0 Å². The lowest BCUT2D eigenvalue weighted by Crippen LogP contribution is -2.37. The first kappa shape index (κ1) is 11.5. The predicted molar refractivity (Wildman–Crippen MR) is 75.5 cm³/mol. The van der Waals surface area contributed by atoms with Crippen molar-refractivity contribution >= 4 is 0 Å². The molecule has 0 radical (unpaired) electrons. The molecule has 0 atom stereocenters. The van der Waals surface area contributed by atoms with Gasteiger partial charge in [0.05, 0.1) is 0 Å². The summed E-state index contributed by atoms with van der Waals surface area (Å²) in [7, 11) is 0. The Labute approximate surface area is 109 Å². The van der Waals surface area contributed by atoms with E-state index in [1.165, 1.54) is 22.3 Å². The molecule has 18 heavy (non-hydrogen) atoms. The Balaban J connectivity index is 1.98. The van der Waals surface area contributed by atoms with Crippen molar-refractivity contribution in [1.82, 2.24) is 0 Å². The maximum absolute atomic E-state index is 6.65. The van der Waals surface area contributed by atoms with Gasteiger partial charge in [0.15, 0.2) is 0 Å². The van der Waals surface area contributed by atoms with Gasteiger partial charge in [0, 0.05) is 5.54 Å². The molecule has 1 nitrogen and oxygen atoms in total. The average Bonchev–Trinajstić information content (AvgIpc) is 2.76. The summed E-state index contributed by atoms with van der Waals surface area (Å²) >= 11 is 0. The molecule has 3 rings (SSSR count). The molecule has 2 aromatic carbocycles. The van der Waals surface area contributed by atoms with Crippen LogP contribution in [0.1, 0.15) is 29.2 Å². The first-order chi connectivity index (χ1) is 8.71. The highest BCUT2D eigenvalue weighted by molar-refractivity contribution is 5.42. The molecule has 0 aromatic heterocycles. The van der Waals surface area contributed by atoms with Crippen molar-refractivity contribution in [2.75, 3.05) is 0 Å². The van der Waals surface area contributed by atoms with Crippen LogP contribution >= 0.6 is 0 Å². The molecule has 92 valence electrons. The largest absolute Gasteiger partial charge is 0.321 e. The fourth-order valence-corrected chi connectivity index (χ4v) is 2.95. The van der Waals surface area contributed by atoms with Gasteiger partial charge in [-0.1, -0.05) is 55.5 Å². The molecule has 1 heteroatoms. The number of fused-ring (bicyclic) bond motifs is 1. The number of aryl methyl sites for hydroxylation is 1. The third-order valence-electron chi connectivity index (χ3n) is 4.04. The molecule has 2 aromatic rings. The molecular weight excluding hydrogens is 218 g/mol. The van der Waals surface area contributed by atoms with E-state index in [2.05, 4.69) is 55.5 Å². The fraction of sp³-hybridized carbons (Fsp3) is 0.294.